The number of nitrogens with zero attached hydrogens (tertiary/aromatic N) is 4. The van der Waals surface area contributed by atoms with Crippen molar-refractivity contribution in [1.82, 2.24) is 15.0 Å². The number of anilines is 3. The number of aromatic nitrogens is 3. The van der Waals surface area contributed by atoms with Crippen molar-refractivity contribution in [3.8, 4) is 17.4 Å². The highest BCUT2D eigenvalue weighted by atomic mass is 16.5. The standard InChI is InChI=1S/C21H23N5O2/c1-13-23-11-15(22)20(25-13)26(4)14-8-9-18(24-10-14)28-17-7-5-6-16-19(17)21(2,3)12-27-16/h5-11H,12,22H2,1-4H3. The number of benzene rings is 1. The maximum atomic E-state index is 6.08. The highest BCUT2D eigenvalue weighted by Crippen LogP contribution is 2.45. The van der Waals surface area contributed by atoms with Crippen LogP contribution in [0.3, 0.4) is 0 Å². The van der Waals surface area contributed by atoms with E-state index < -0.39 is 0 Å². The fourth-order valence-corrected chi connectivity index (χ4v) is 3.32. The first-order valence-corrected chi connectivity index (χ1v) is 9.08. The van der Waals surface area contributed by atoms with Gasteiger partial charge in [0.1, 0.15) is 17.3 Å². The molecule has 1 aromatic carbocycles. The van der Waals surface area contributed by atoms with E-state index in [1.54, 1.807) is 12.4 Å². The van der Waals surface area contributed by atoms with Crippen molar-refractivity contribution < 1.29 is 9.47 Å². The Bertz CT molecular complexity index is 1020. The summed E-state index contributed by atoms with van der Waals surface area (Å²) >= 11 is 0. The fourth-order valence-electron chi connectivity index (χ4n) is 3.32. The molecule has 0 unspecified atom stereocenters. The monoisotopic (exact) mass is 377 g/mol. The third-order valence-corrected chi connectivity index (χ3v) is 4.81. The Morgan fingerprint density at radius 1 is 1.14 bits per heavy atom. The lowest BCUT2D eigenvalue weighted by Gasteiger charge is -2.20. The Labute approximate surface area is 164 Å². The summed E-state index contributed by atoms with van der Waals surface area (Å²) in [5, 5.41) is 0. The molecule has 0 fully saturated rings. The van der Waals surface area contributed by atoms with Gasteiger partial charge in [-0.3, -0.25) is 0 Å². The minimum absolute atomic E-state index is 0.103. The van der Waals surface area contributed by atoms with E-state index in [1.807, 2.05) is 49.2 Å². The first-order chi connectivity index (χ1) is 13.3. The number of hydrogen-bond acceptors (Lipinski definition) is 7. The summed E-state index contributed by atoms with van der Waals surface area (Å²) in [6, 6.07) is 9.60. The highest BCUT2D eigenvalue weighted by molar-refractivity contribution is 5.69. The molecule has 4 rings (SSSR count). The summed E-state index contributed by atoms with van der Waals surface area (Å²) < 4.78 is 11.9. The van der Waals surface area contributed by atoms with E-state index in [4.69, 9.17) is 15.2 Å². The Kier molecular flexibility index (Phi) is 4.30. The predicted molar refractivity (Wildman–Crippen MR) is 109 cm³/mol. The zero-order chi connectivity index (χ0) is 19.9. The lowest BCUT2D eigenvalue weighted by atomic mass is 9.86. The maximum Gasteiger partial charge on any atom is 0.219 e. The molecule has 0 bridgehead atoms. The van der Waals surface area contributed by atoms with Gasteiger partial charge in [-0.2, -0.15) is 0 Å². The van der Waals surface area contributed by atoms with Gasteiger partial charge in [-0.15, -0.1) is 0 Å². The number of fused-ring (bicyclic) bond motifs is 1. The van der Waals surface area contributed by atoms with Gasteiger partial charge in [0, 0.05) is 24.1 Å². The van der Waals surface area contributed by atoms with Gasteiger partial charge in [-0.25, -0.2) is 15.0 Å². The molecule has 0 saturated heterocycles. The molecule has 144 valence electrons. The van der Waals surface area contributed by atoms with Gasteiger partial charge in [0.2, 0.25) is 5.88 Å². The van der Waals surface area contributed by atoms with E-state index in [-0.39, 0.29) is 5.41 Å². The molecule has 7 nitrogen and oxygen atoms in total. The molecule has 0 radical (unpaired) electrons. The van der Waals surface area contributed by atoms with E-state index in [0.717, 1.165) is 22.7 Å². The first-order valence-electron chi connectivity index (χ1n) is 9.08. The van der Waals surface area contributed by atoms with Crippen molar-refractivity contribution in [1.29, 1.82) is 0 Å². The van der Waals surface area contributed by atoms with Crippen LogP contribution in [0.4, 0.5) is 17.2 Å². The van der Waals surface area contributed by atoms with Crippen LogP contribution in [-0.2, 0) is 5.41 Å². The summed E-state index contributed by atoms with van der Waals surface area (Å²) in [5.41, 5.74) is 8.34. The summed E-state index contributed by atoms with van der Waals surface area (Å²) in [5.74, 6) is 3.45. The predicted octanol–water partition coefficient (Wildman–Crippen LogP) is 3.99. The highest BCUT2D eigenvalue weighted by Gasteiger charge is 2.35. The minimum atomic E-state index is -0.103. The zero-order valence-corrected chi connectivity index (χ0v) is 16.4. The van der Waals surface area contributed by atoms with Crippen LogP contribution in [0, 0.1) is 6.92 Å². The third kappa shape index (κ3) is 3.19. The molecular weight excluding hydrogens is 354 g/mol. The SMILES string of the molecule is Cc1ncc(N)c(N(C)c2ccc(Oc3cccc4c3C(C)(C)CO4)nc2)n1. The van der Waals surface area contributed by atoms with Crippen molar-refractivity contribution in [2.24, 2.45) is 0 Å². The van der Waals surface area contributed by atoms with Crippen molar-refractivity contribution in [2.75, 3.05) is 24.3 Å². The first kappa shape index (κ1) is 18.0. The lowest BCUT2D eigenvalue weighted by Crippen LogP contribution is -2.19. The molecule has 0 atom stereocenters. The van der Waals surface area contributed by atoms with Gasteiger partial charge in [-0.05, 0) is 25.1 Å². The van der Waals surface area contributed by atoms with E-state index in [0.29, 0.717) is 29.8 Å². The van der Waals surface area contributed by atoms with Crippen molar-refractivity contribution in [3.05, 3.63) is 54.1 Å². The number of aryl methyl sites for hydroxylation is 1. The van der Waals surface area contributed by atoms with Gasteiger partial charge in [-0.1, -0.05) is 19.9 Å². The average molecular weight is 377 g/mol. The average Bonchev–Trinajstić information content (AvgIpc) is 3.00. The maximum absolute atomic E-state index is 6.08. The number of pyridine rings is 1. The lowest BCUT2D eigenvalue weighted by molar-refractivity contribution is 0.290. The van der Waals surface area contributed by atoms with Crippen LogP contribution in [0.5, 0.6) is 17.4 Å². The molecule has 7 heteroatoms. The Morgan fingerprint density at radius 3 is 2.71 bits per heavy atom. The van der Waals surface area contributed by atoms with Crippen LogP contribution in [-0.4, -0.2) is 28.6 Å². The molecule has 2 N–H and O–H groups in total. The number of rotatable bonds is 4. The summed E-state index contributed by atoms with van der Waals surface area (Å²) in [6.45, 7) is 6.76. The van der Waals surface area contributed by atoms with Gasteiger partial charge in [0.05, 0.1) is 30.4 Å². The van der Waals surface area contributed by atoms with Crippen LogP contribution >= 0.6 is 0 Å². The number of nitrogen functional groups attached to an aromatic ring is 1. The largest absolute Gasteiger partial charge is 0.492 e. The molecule has 3 aromatic rings. The smallest absolute Gasteiger partial charge is 0.219 e. The number of nitrogens with two attached hydrogens (primary N) is 1. The molecule has 0 amide bonds. The van der Waals surface area contributed by atoms with Gasteiger partial charge >= 0.3 is 0 Å². The number of ether oxygens (including phenoxy) is 2. The van der Waals surface area contributed by atoms with Crippen LogP contribution < -0.4 is 20.1 Å². The van der Waals surface area contributed by atoms with E-state index in [2.05, 4.69) is 28.8 Å². The van der Waals surface area contributed by atoms with Gasteiger partial charge in [0.15, 0.2) is 5.82 Å². The van der Waals surface area contributed by atoms with Crippen LogP contribution in [0.1, 0.15) is 25.2 Å². The van der Waals surface area contributed by atoms with Crippen molar-refractivity contribution in [2.45, 2.75) is 26.2 Å². The van der Waals surface area contributed by atoms with Crippen molar-refractivity contribution >= 4 is 17.2 Å². The molecule has 1 aliphatic heterocycles. The van der Waals surface area contributed by atoms with Gasteiger partial charge < -0.3 is 20.1 Å². The zero-order valence-electron chi connectivity index (χ0n) is 16.4. The van der Waals surface area contributed by atoms with Crippen molar-refractivity contribution in [3.63, 3.8) is 0 Å². The number of hydrogen-bond donors (Lipinski definition) is 1. The Hall–Kier alpha value is -3.35. The molecule has 28 heavy (non-hydrogen) atoms. The molecule has 0 spiro atoms. The van der Waals surface area contributed by atoms with E-state index in [1.165, 1.54) is 0 Å². The van der Waals surface area contributed by atoms with Crippen LogP contribution in [0.15, 0.2) is 42.7 Å². The van der Waals surface area contributed by atoms with E-state index in [9.17, 15) is 0 Å². The van der Waals surface area contributed by atoms with Crippen LogP contribution in [0.2, 0.25) is 0 Å². The van der Waals surface area contributed by atoms with Crippen LogP contribution in [0.25, 0.3) is 0 Å². The van der Waals surface area contributed by atoms with E-state index >= 15 is 0 Å². The fraction of sp³-hybridized carbons (Fsp3) is 0.286. The molecule has 2 aromatic heterocycles. The summed E-state index contributed by atoms with van der Waals surface area (Å²) in [4.78, 5) is 14.8. The molecule has 3 heterocycles. The molecule has 1 aliphatic rings. The Balaban J connectivity index is 1.59. The molecule has 0 aliphatic carbocycles. The van der Waals surface area contributed by atoms with Gasteiger partial charge in [0.25, 0.3) is 0 Å². The summed E-state index contributed by atoms with van der Waals surface area (Å²) in [7, 11) is 1.89. The molecular formula is C21H23N5O2. The topological polar surface area (TPSA) is 86.4 Å². The third-order valence-electron chi connectivity index (χ3n) is 4.81. The second-order valence-electron chi connectivity index (χ2n) is 7.51. The summed E-state index contributed by atoms with van der Waals surface area (Å²) in [6.07, 6.45) is 3.34. The molecule has 0 saturated carbocycles. The normalized spacial score (nSPS) is 14.3. The minimum Gasteiger partial charge on any atom is -0.492 e. The second-order valence-corrected chi connectivity index (χ2v) is 7.51. The quantitative estimate of drug-likeness (QED) is 0.735. The Morgan fingerprint density at radius 2 is 1.96 bits per heavy atom. The second kappa shape index (κ2) is 6.67.